The Labute approximate surface area is 124 Å². The first-order valence-corrected chi connectivity index (χ1v) is 6.04. The fraction of sp³-hybridized carbons (Fsp3) is 0.200. The maximum atomic E-state index is 9.62. The van der Waals surface area contributed by atoms with Gasteiger partial charge >= 0.3 is 5.97 Å². The van der Waals surface area contributed by atoms with E-state index < -0.39 is 9.76 Å². The van der Waals surface area contributed by atoms with Crippen LogP contribution >= 0.6 is 46.4 Å². The zero-order valence-electron chi connectivity index (χ0n) is 9.20. The molecule has 1 aromatic carbocycles. The van der Waals surface area contributed by atoms with Gasteiger partial charge in [-0.2, -0.15) is 5.10 Å². The monoisotopic (exact) mass is 330 g/mol. The van der Waals surface area contributed by atoms with Crippen molar-refractivity contribution in [1.82, 2.24) is 5.43 Å². The molecule has 0 unspecified atom stereocenters. The Morgan fingerprint density at radius 1 is 1.33 bits per heavy atom. The summed E-state index contributed by atoms with van der Waals surface area (Å²) in [6, 6.07) is 7.48. The van der Waals surface area contributed by atoms with Crippen molar-refractivity contribution < 1.29 is 9.90 Å². The summed E-state index contributed by atoms with van der Waals surface area (Å²) >= 11 is 20.1. The van der Waals surface area contributed by atoms with Gasteiger partial charge in [0.2, 0.25) is 0 Å². The Morgan fingerprint density at radius 2 is 1.78 bits per heavy atom. The van der Waals surface area contributed by atoms with Crippen LogP contribution in [0.5, 0.6) is 0 Å². The van der Waals surface area contributed by atoms with Crippen LogP contribution in [0.2, 0.25) is 5.02 Å². The number of nitrogens with zero attached hydrogens (tertiary/aromatic N) is 1. The highest BCUT2D eigenvalue weighted by atomic mass is 35.6. The minimum Gasteiger partial charge on any atom is -0.478 e. The van der Waals surface area contributed by atoms with Gasteiger partial charge in [0.25, 0.3) is 3.79 Å². The number of halogens is 4. The molecule has 0 aliphatic carbocycles. The van der Waals surface area contributed by atoms with Crippen LogP contribution in [0, 0.1) is 0 Å². The number of carboxylic acid groups (broad SMARTS) is 1. The highest BCUT2D eigenvalue weighted by Gasteiger charge is 2.29. The highest BCUT2D eigenvalue weighted by Crippen LogP contribution is 2.25. The topological polar surface area (TPSA) is 61.7 Å². The van der Waals surface area contributed by atoms with E-state index in [9.17, 15) is 4.79 Å². The third kappa shape index (κ3) is 8.42. The van der Waals surface area contributed by atoms with Crippen molar-refractivity contribution in [2.75, 3.05) is 7.05 Å². The van der Waals surface area contributed by atoms with Crippen LogP contribution < -0.4 is 5.43 Å². The van der Waals surface area contributed by atoms with Crippen LogP contribution in [-0.2, 0) is 4.79 Å². The molecule has 0 amide bonds. The van der Waals surface area contributed by atoms with Crippen molar-refractivity contribution >= 4 is 58.6 Å². The van der Waals surface area contributed by atoms with E-state index in [1.807, 2.05) is 24.3 Å². The van der Waals surface area contributed by atoms with E-state index in [4.69, 9.17) is 51.5 Å². The van der Waals surface area contributed by atoms with Crippen molar-refractivity contribution in [2.45, 2.75) is 3.79 Å². The van der Waals surface area contributed by atoms with Gasteiger partial charge in [0.1, 0.15) is 0 Å². The van der Waals surface area contributed by atoms with Gasteiger partial charge in [0.15, 0.2) is 0 Å². The molecule has 1 aromatic rings. The highest BCUT2D eigenvalue weighted by molar-refractivity contribution is 6.75. The molecule has 0 aromatic heterocycles. The summed E-state index contributed by atoms with van der Waals surface area (Å²) in [5.41, 5.74) is 3.70. The van der Waals surface area contributed by atoms with E-state index in [1.165, 1.54) is 0 Å². The van der Waals surface area contributed by atoms with Crippen LogP contribution in [-0.4, -0.2) is 28.1 Å². The molecule has 18 heavy (non-hydrogen) atoms. The van der Waals surface area contributed by atoms with Crippen LogP contribution in [0.3, 0.4) is 0 Å². The molecule has 2 N–H and O–H groups in total. The first-order chi connectivity index (χ1) is 8.27. The van der Waals surface area contributed by atoms with Crippen LogP contribution in [0.15, 0.2) is 29.4 Å². The lowest BCUT2D eigenvalue weighted by molar-refractivity contribution is -0.135. The zero-order chi connectivity index (χ0) is 14.2. The molecule has 0 spiro atoms. The predicted octanol–water partition coefficient (Wildman–Crippen LogP) is 3.33. The Hall–Kier alpha value is -0.680. The molecule has 100 valence electrons. The summed E-state index contributed by atoms with van der Waals surface area (Å²) in [6.45, 7) is 0. The van der Waals surface area contributed by atoms with Crippen LogP contribution in [0.1, 0.15) is 5.56 Å². The van der Waals surface area contributed by atoms with Gasteiger partial charge in [-0.15, -0.1) is 0 Å². The van der Waals surface area contributed by atoms with E-state index in [1.54, 1.807) is 13.3 Å². The molecule has 0 aliphatic rings. The van der Waals surface area contributed by atoms with E-state index in [-0.39, 0.29) is 0 Å². The standard InChI is InChI=1S/C8H9ClN2.C2HCl3O2/c1-10-11-6-7-2-4-8(9)5-3-7;3-2(4,5)1(6)7/h2-6,10H,1H3;(H,6,7). The molecule has 0 saturated carbocycles. The summed E-state index contributed by atoms with van der Waals surface area (Å²) in [4.78, 5) is 9.62. The molecule has 0 atom stereocenters. The summed E-state index contributed by atoms with van der Waals surface area (Å²) in [5.74, 6) is -1.46. The molecule has 0 saturated heterocycles. The molecular weight excluding hydrogens is 322 g/mol. The number of aliphatic carboxylic acids is 1. The van der Waals surface area contributed by atoms with Gasteiger partial charge < -0.3 is 10.5 Å². The number of hydrazone groups is 1. The number of alkyl halides is 3. The van der Waals surface area contributed by atoms with Gasteiger partial charge in [-0.3, -0.25) is 0 Å². The molecule has 0 fully saturated rings. The largest absolute Gasteiger partial charge is 0.478 e. The van der Waals surface area contributed by atoms with Gasteiger partial charge in [0.05, 0.1) is 6.21 Å². The number of carboxylic acids is 1. The van der Waals surface area contributed by atoms with Crippen molar-refractivity contribution in [3.05, 3.63) is 34.9 Å². The summed E-state index contributed by atoms with van der Waals surface area (Å²) in [7, 11) is 1.76. The number of hydrogen-bond donors (Lipinski definition) is 2. The van der Waals surface area contributed by atoms with E-state index in [0.717, 1.165) is 10.6 Å². The Bertz CT molecular complexity index is 401. The average molecular weight is 332 g/mol. The minimum atomic E-state index is -2.17. The summed E-state index contributed by atoms with van der Waals surface area (Å²) in [6.07, 6.45) is 1.73. The second-order valence-electron chi connectivity index (χ2n) is 2.84. The lowest BCUT2D eigenvalue weighted by Crippen LogP contribution is -2.16. The first-order valence-electron chi connectivity index (χ1n) is 4.53. The van der Waals surface area contributed by atoms with Gasteiger partial charge in [-0.25, -0.2) is 4.79 Å². The molecule has 0 bridgehead atoms. The number of nitrogens with one attached hydrogen (secondary N) is 1. The molecule has 4 nitrogen and oxygen atoms in total. The maximum absolute atomic E-state index is 9.62. The molecule has 1 rings (SSSR count). The fourth-order valence-corrected chi connectivity index (χ4v) is 0.814. The van der Waals surface area contributed by atoms with E-state index in [0.29, 0.717) is 0 Å². The number of carbonyl (C=O) groups is 1. The Balaban J connectivity index is 0.000000360. The quantitative estimate of drug-likeness (QED) is 0.496. The van der Waals surface area contributed by atoms with Gasteiger partial charge in [-0.05, 0) is 17.7 Å². The van der Waals surface area contributed by atoms with Crippen molar-refractivity contribution in [2.24, 2.45) is 5.10 Å². The Morgan fingerprint density at radius 3 is 2.11 bits per heavy atom. The summed E-state index contributed by atoms with van der Waals surface area (Å²) < 4.78 is -2.17. The Kier molecular flexibility index (Phi) is 8.11. The van der Waals surface area contributed by atoms with Gasteiger partial charge in [0, 0.05) is 12.1 Å². The van der Waals surface area contributed by atoms with Crippen molar-refractivity contribution in [1.29, 1.82) is 0 Å². The third-order valence-corrected chi connectivity index (χ3v) is 2.19. The van der Waals surface area contributed by atoms with Gasteiger partial charge in [-0.1, -0.05) is 58.5 Å². The number of rotatable bonds is 2. The lowest BCUT2D eigenvalue weighted by atomic mass is 10.2. The number of hydrogen-bond acceptors (Lipinski definition) is 3. The zero-order valence-corrected chi connectivity index (χ0v) is 12.2. The lowest BCUT2D eigenvalue weighted by Gasteiger charge is -1.99. The SMILES string of the molecule is CNN=Cc1ccc(Cl)cc1.O=C(O)C(Cl)(Cl)Cl. The first kappa shape index (κ1) is 17.3. The van der Waals surface area contributed by atoms with Crippen LogP contribution in [0.25, 0.3) is 0 Å². The smallest absolute Gasteiger partial charge is 0.356 e. The fourth-order valence-electron chi connectivity index (χ4n) is 0.688. The molecule has 0 aliphatic heterocycles. The molecule has 0 radical (unpaired) electrons. The third-order valence-electron chi connectivity index (χ3n) is 1.46. The molecule has 8 heteroatoms. The second-order valence-corrected chi connectivity index (χ2v) is 5.55. The number of benzene rings is 1. The van der Waals surface area contributed by atoms with E-state index in [2.05, 4.69) is 10.5 Å². The predicted molar refractivity (Wildman–Crippen MR) is 76.0 cm³/mol. The molecular formula is C10H10Cl4N2O2. The van der Waals surface area contributed by atoms with Crippen molar-refractivity contribution in [3.63, 3.8) is 0 Å². The van der Waals surface area contributed by atoms with Crippen molar-refractivity contribution in [3.8, 4) is 0 Å². The average Bonchev–Trinajstić information content (AvgIpc) is 2.28. The second kappa shape index (κ2) is 8.43. The normalized spacial score (nSPS) is 10.7. The van der Waals surface area contributed by atoms with E-state index >= 15 is 0 Å². The van der Waals surface area contributed by atoms with Crippen LogP contribution in [0.4, 0.5) is 0 Å². The summed E-state index contributed by atoms with van der Waals surface area (Å²) in [5, 5.41) is 12.5. The maximum Gasteiger partial charge on any atom is 0.356 e. The minimum absolute atomic E-state index is 0.742. The molecule has 0 heterocycles.